The summed E-state index contributed by atoms with van der Waals surface area (Å²) in [4.78, 5) is 31.9. The highest BCUT2D eigenvalue weighted by atomic mass is 16.5. The first-order chi connectivity index (χ1) is 11.5. The van der Waals surface area contributed by atoms with Crippen LogP contribution in [0.3, 0.4) is 0 Å². The Bertz CT molecular complexity index is 688. The predicted octanol–water partition coefficient (Wildman–Crippen LogP) is -0.777. The van der Waals surface area contributed by atoms with Crippen LogP contribution in [0.2, 0.25) is 0 Å². The van der Waals surface area contributed by atoms with Crippen LogP contribution in [0.25, 0.3) is 0 Å². The summed E-state index contributed by atoms with van der Waals surface area (Å²) in [6.45, 7) is 2.86. The van der Waals surface area contributed by atoms with E-state index in [1.807, 2.05) is 0 Å². The lowest BCUT2D eigenvalue weighted by molar-refractivity contribution is -0.122. The largest absolute Gasteiger partial charge is 0.483 e. The average molecular weight is 335 g/mol. The van der Waals surface area contributed by atoms with Crippen molar-refractivity contribution in [3.63, 3.8) is 0 Å². The SMILES string of the molecule is Cc1ncc(C(=O)N2CCOC(c3nnn(C)n3)C2)cn1.O=CO. The van der Waals surface area contributed by atoms with Gasteiger partial charge in [0, 0.05) is 18.9 Å². The minimum atomic E-state index is -0.359. The highest BCUT2D eigenvalue weighted by Crippen LogP contribution is 2.19. The van der Waals surface area contributed by atoms with Gasteiger partial charge in [-0.15, -0.1) is 10.2 Å². The molecule has 11 nitrogen and oxygen atoms in total. The fraction of sp³-hybridized carbons (Fsp3) is 0.462. The van der Waals surface area contributed by atoms with Crippen LogP contribution >= 0.6 is 0 Å². The third-order valence-corrected chi connectivity index (χ3v) is 3.19. The maximum Gasteiger partial charge on any atom is 0.290 e. The van der Waals surface area contributed by atoms with E-state index in [2.05, 4.69) is 25.4 Å². The summed E-state index contributed by atoms with van der Waals surface area (Å²) in [6, 6.07) is 0. The maximum atomic E-state index is 12.4. The van der Waals surface area contributed by atoms with E-state index in [-0.39, 0.29) is 18.5 Å². The monoisotopic (exact) mass is 335 g/mol. The molecular weight excluding hydrogens is 318 g/mol. The molecule has 1 N–H and O–H groups in total. The van der Waals surface area contributed by atoms with E-state index in [9.17, 15) is 4.79 Å². The Labute approximate surface area is 137 Å². The molecule has 1 saturated heterocycles. The van der Waals surface area contributed by atoms with Crippen molar-refractivity contribution in [1.29, 1.82) is 0 Å². The minimum absolute atomic E-state index is 0.118. The third-order valence-electron chi connectivity index (χ3n) is 3.19. The van der Waals surface area contributed by atoms with E-state index in [4.69, 9.17) is 14.6 Å². The molecule has 0 aliphatic carbocycles. The van der Waals surface area contributed by atoms with Crippen molar-refractivity contribution in [3.8, 4) is 0 Å². The summed E-state index contributed by atoms with van der Waals surface area (Å²) in [5, 5.41) is 18.7. The van der Waals surface area contributed by atoms with Crippen LogP contribution in [-0.4, -0.2) is 72.3 Å². The lowest BCUT2D eigenvalue weighted by atomic mass is 10.2. The number of nitrogens with zero attached hydrogens (tertiary/aromatic N) is 7. The highest BCUT2D eigenvalue weighted by Gasteiger charge is 2.29. The Morgan fingerprint density at radius 2 is 2.08 bits per heavy atom. The van der Waals surface area contributed by atoms with E-state index in [0.717, 1.165) is 0 Å². The number of ether oxygens (including phenoxy) is 1. The van der Waals surface area contributed by atoms with Gasteiger partial charge >= 0.3 is 0 Å². The second-order valence-corrected chi connectivity index (χ2v) is 4.87. The van der Waals surface area contributed by atoms with Gasteiger partial charge in [0.05, 0.1) is 25.8 Å². The van der Waals surface area contributed by atoms with E-state index in [1.54, 1.807) is 18.9 Å². The van der Waals surface area contributed by atoms with Gasteiger partial charge in [0.2, 0.25) is 5.82 Å². The van der Waals surface area contributed by atoms with Crippen LogP contribution in [0.1, 0.15) is 28.1 Å². The lowest BCUT2D eigenvalue weighted by Crippen LogP contribution is -2.42. The van der Waals surface area contributed by atoms with Crippen LogP contribution in [0.4, 0.5) is 0 Å². The summed E-state index contributed by atoms with van der Waals surface area (Å²) in [6.07, 6.45) is 2.72. The van der Waals surface area contributed by atoms with Gasteiger partial charge in [-0.25, -0.2) is 9.97 Å². The van der Waals surface area contributed by atoms with Crippen LogP contribution in [0.5, 0.6) is 0 Å². The Hall–Kier alpha value is -2.95. The third kappa shape index (κ3) is 4.29. The van der Waals surface area contributed by atoms with Gasteiger partial charge in [0.15, 0.2) is 0 Å². The zero-order valence-corrected chi connectivity index (χ0v) is 13.2. The highest BCUT2D eigenvalue weighted by molar-refractivity contribution is 5.93. The van der Waals surface area contributed by atoms with Gasteiger partial charge in [-0.3, -0.25) is 9.59 Å². The van der Waals surface area contributed by atoms with Crippen LogP contribution in [0, 0.1) is 6.92 Å². The van der Waals surface area contributed by atoms with Crippen molar-refractivity contribution < 1.29 is 19.4 Å². The molecule has 1 fully saturated rings. The van der Waals surface area contributed by atoms with Crippen molar-refractivity contribution in [2.75, 3.05) is 19.7 Å². The van der Waals surface area contributed by atoms with E-state index >= 15 is 0 Å². The molecule has 1 aliphatic rings. The Morgan fingerprint density at radius 1 is 1.42 bits per heavy atom. The molecule has 3 heterocycles. The molecule has 0 bridgehead atoms. The van der Waals surface area contributed by atoms with E-state index < -0.39 is 0 Å². The topological polar surface area (TPSA) is 136 Å². The number of rotatable bonds is 2. The first-order valence-electron chi connectivity index (χ1n) is 7.06. The minimum Gasteiger partial charge on any atom is -0.483 e. The smallest absolute Gasteiger partial charge is 0.290 e. The van der Waals surface area contributed by atoms with Crippen molar-refractivity contribution in [1.82, 2.24) is 35.1 Å². The fourth-order valence-corrected chi connectivity index (χ4v) is 2.10. The van der Waals surface area contributed by atoms with Crippen LogP contribution < -0.4 is 0 Å². The molecule has 1 aliphatic heterocycles. The average Bonchev–Trinajstić information content (AvgIpc) is 3.02. The summed E-state index contributed by atoms with van der Waals surface area (Å²) in [5.41, 5.74) is 0.466. The van der Waals surface area contributed by atoms with Gasteiger partial charge in [-0.05, 0) is 12.1 Å². The number of carboxylic acid groups (broad SMARTS) is 1. The lowest BCUT2D eigenvalue weighted by Gasteiger charge is -2.31. The molecule has 2 aromatic heterocycles. The molecule has 128 valence electrons. The normalized spacial score (nSPS) is 16.9. The summed E-state index contributed by atoms with van der Waals surface area (Å²) in [7, 11) is 1.69. The van der Waals surface area contributed by atoms with Crippen molar-refractivity contribution in [2.24, 2.45) is 7.05 Å². The molecule has 11 heteroatoms. The molecule has 0 spiro atoms. The molecule has 0 aromatic carbocycles. The first kappa shape index (κ1) is 17.4. The number of hydrogen-bond donors (Lipinski definition) is 1. The fourth-order valence-electron chi connectivity index (χ4n) is 2.10. The number of carbonyl (C=O) groups excluding carboxylic acids is 1. The maximum absolute atomic E-state index is 12.4. The number of amides is 1. The van der Waals surface area contributed by atoms with Crippen LogP contribution in [-0.2, 0) is 16.6 Å². The number of carbonyl (C=O) groups is 2. The molecule has 3 rings (SSSR count). The number of aromatic nitrogens is 6. The van der Waals surface area contributed by atoms with Gasteiger partial charge < -0.3 is 14.7 Å². The second-order valence-electron chi connectivity index (χ2n) is 4.87. The van der Waals surface area contributed by atoms with Crippen molar-refractivity contribution in [2.45, 2.75) is 13.0 Å². The second kappa shape index (κ2) is 8.06. The van der Waals surface area contributed by atoms with E-state index in [1.165, 1.54) is 17.2 Å². The van der Waals surface area contributed by atoms with Gasteiger partial charge in [-0.1, -0.05) is 0 Å². The summed E-state index contributed by atoms with van der Waals surface area (Å²) < 4.78 is 5.61. The Morgan fingerprint density at radius 3 is 2.67 bits per heavy atom. The molecule has 1 unspecified atom stereocenters. The van der Waals surface area contributed by atoms with Crippen molar-refractivity contribution in [3.05, 3.63) is 29.6 Å². The van der Waals surface area contributed by atoms with Crippen LogP contribution in [0.15, 0.2) is 12.4 Å². The molecule has 0 radical (unpaired) electrons. The van der Waals surface area contributed by atoms with Crippen molar-refractivity contribution >= 4 is 12.4 Å². The number of morpholine rings is 1. The molecule has 1 atom stereocenters. The van der Waals surface area contributed by atoms with Gasteiger partial charge in [-0.2, -0.15) is 4.80 Å². The Kier molecular flexibility index (Phi) is 5.84. The predicted molar refractivity (Wildman–Crippen MR) is 78.9 cm³/mol. The zero-order chi connectivity index (χ0) is 17.5. The Balaban J connectivity index is 0.000000647. The first-order valence-corrected chi connectivity index (χ1v) is 7.06. The number of hydrogen-bond acceptors (Lipinski definition) is 8. The molecule has 2 aromatic rings. The number of aryl methyl sites for hydroxylation is 2. The van der Waals surface area contributed by atoms with Gasteiger partial charge in [0.1, 0.15) is 11.9 Å². The molecule has 24 heavy (non-hydrogen) atoms. The molecule has 0 saturated carbocycles. The standard InChI is InChI=1S/C12H15N7O2.CH2O2/c1-8-13-5-9(6-14-8)12(20)19-3-4-21-10(7-19)11-15-17-18(2)16-11;2-1-3/h5-6,10H,3-4,7H2,1-2H3;1H,(H,2,3). The molecular formula is C13H17N7O4. The van der Waals surface area contributed by atoms with E-state index in [0.29, 0.717) is 36.9 Å². The summed E-state index contributed by atoms with van der Waals surface area (Å²) in [5.74, 6) is 0.998. The number of tetrazole rings is 1. The van der Waals surface area contributed by atoms with Gasteiger partial charge in [0.25, 0.3) is 12.4 Å². The summed E-state index contributed by atoms with van der Waals surface area (Å²) >= 11 is 0. The zero-order valence-electron chi connectivity index (χ0n) is 13.2. The molecule has 1 amide bonds. The quantitative estimate of drug-likeness (QED) is 0.701.